The fourth-order valence-electron chi connectivity index (χ4n) is 2.89. The minimum Gasteiger partial charge on any atom is -0.391 e. The molecule has 1 saturated heterocycles. The van der Waals surface area contributed by atoms with Gasteiger partial charge in [0.1, 0.15) is 12.2 Å². The highest BCUT2D eigenvalue weighted by Gasteiger charge is 2.28. The van der Waals surface area contributed by atoms with Crippen molar-refractivity contribution in [2.24, 2.45) is 0 Å². The Morgan fingerprint density at radius 1 is 1.40 bits per heavy atom. The number of aromatic nitrogens is 3. The van der Waals surface area contributed by atoms with Gasteiger partial charge in [0.05, 0.1) is 6.10 Å². The molecule has 1 aliphatic rings. The van der Waals surface area contributed by atoms with Crippen LogP contribution in [0.5, 0.6) is 0 Å². The standard InChI is InChI=1S/C14H27N5O/c1-4-6-19-14(15-11-16-19)9-13(20)12-10-17(2)7-5-8-18(12)3/h11-13,20H,4-10H2,1-3H3. The lowest BCUT2D eigenvalue weighted by atomic mass is 10.1. The summed E-state index contributed by atoms with van der Waals surface area (Å²) in [5, 5.41) is 14.8. The van der Waals surface area contributed by atoms with Crippen LogP contribution in [0.3, 0.4) is 0 Å². The minimum atomic E-state index is -0.402. The van der Waals surface area contributed by atoms with E-state index in [1.54, 1.807) is 6.33 Å². The monoisotopic (exact) mass is 281 g/mol. The smallest absolute Gasteiger partial charge is 0.138 e. The quantitative estimate of drug-likeness (QED) is 0.837. The summed E-state index contributed by atoms with van der Waals surface area (Å²) in [6.07, 6.45) is 3.94. The lowest BCUT2D eigenvalue weighted by Gasteiger charge is -2.31. The van der Waals surface area contributed by atoms with Gasteiger partial charge in [-0.1, -0.05) is 6.92 Å². The second-order valence-electron chi connectivity index (χ2n) is 5.83. The van der Waals surface area contributed by atoms with Gasteiger partial charge in [0, 0.05) is 25.6 Å². The van der Waals surface area contributed by atoms with E-state index in [9.17, 15) is 5.11 Å². The molecule has 1 aromatic rings. The fourth-order valence-corrected chi connectivity index (χ4v) is 2.89. The summed E-state index contributed by atoms with van der Waals surface area (Å²) >= 11 is 0. The van der Waals surface area contributed by atoms with E-state index in [2.05, 4.69) is 40.9 Å². The highest BCUT2D eigenvalue weighted by molar-refractivity contribution is 4.93. The van der Waals surface area contributed by atoms with Gasteiger partial charge in [0.2, 0.25) is 0 Å². The maximum Gasteiger partial charge on any atom is 0.138 e. The highest BCUT2D eigenvalue weighted by atomic mass is 16.3. The molecule has 2 heterocycles. The van der Waals surface area contributed by atoms with Crippen molar-refractivity contribution >= 4 is 0 Å². The number of aliphatic hydroxyl groups is 1. The van der Waals surface area contributed by atoms with E-state index >= 15 is 0 Å². The van der Waals surface area contributed by atoms with Crippen LogP contribution >= 0.6 is 0 Å². The van der Waals surface area contributed by atoms with E-state index in [4.69, 9.17) is 0 Å². The third kappa shape index (κ3) is 3.77. The van der Waals surface area contributed by atoms with Gasteiger partial charge in [0.15, 0.2) is 0 Å². The van der Waals surface area contributed by atoms with Gasteiger partial charge in [-0.2, -0.15) is 5.10 Å². The number of likely N-dealkylation sites (N-methyl/N-ethyl adjacent to an activating group) is 2. The van der Waals surface area contributed by atoms with Crippen LogP contribution in [-0.4, -0.2) is 75.5 Å². The van der Waals surface area contributed by atoms with Crippen LogP contribution < -0.4 is 0 Å². The molecule has 0 spiro atoms. The average molecular weight is 281 g/mol. The number of rotatable bonds is 5. The molecule has 1 aromatic heterocycles. The van der Waals surface area contributed by atoms with Gasteiger partial charge in [0.25, 0.3) is 0 Å². The molecule has 6 nitrogen and oxygen atoms in total. The Morgan fingerprint density at radius 3 is 2.95 bits per heavy atom. The van der Waals surface area contributed by atoms with Crippen LogP contribution in [0.1, 0.15) is 25.6 Å². The van der Waals surface area contributed by atoms with E-state index in [-0.39, 0.29) is 6.04 Å². The average Bonchev–Trinajstić information content (AvgIpc) is 2.75. The Balaban J connectivity index is 2.02. The van der Waals surface area contributed by atoms with Crippen molar-refractivity contribution in [3.05, 3.63) is 12.2 Å². The van der Waals surface area contributed by atoms with Crippen LogP contribution in [0.25, 0.3) is 0 Å². The van der Waals surface area contributed by atoms with Crippen LogP contribution in [-0.2, 0) is 13.0 Å². The first kappa shape index (κ1) is 15.4. The molecular formula is C14H27N5O. The van der Waals surface area contributed by atoms with E-state index < -0.39 is 6.10 Å². The van der Waals surface area contributed by atoms with Crippen molar-refractivity contribution in [1.29, 1.82) is 0 Å². The Bertz CT molecular complexity index is 408. The van der Waals surface area contributed by atoms with E-state index in [1.165, 1.54) is 0 Å². The number of hydrogen-bond donors (Lipinski definition) is 1. The second kappa shape index (κ2) is 7.15. The summed E-state index contributed by atoms with van der Waals surface area (Å²) in [5.74, 6) is 0.889. The molecule has 0 saturated carbocycles. The number of aryl methyl sites for hydroxylation is 1. The van der Waals surface area contributed by atoms with Crippen LogP contribution in [0.15, 0.2) is 6.33 Å². The number of hydrogen-bond acceptors (Lipinski definition) is 5. The fraction of sp³-hybridized carbons (Fsp3) is 0.857. The Morgan fingerprint density at radius 2 is 2.20 bits per heavy atom. The van der Waals surface area contributed by atoms with E-state index in [1.807, 2.05) is 4.68 Å². The second-order valence-corrected chi connectivity index (χ2v) is 5.83. The lowest BCUT2D eigenvalue weighted by molar-refractivity contribution is 0.0560. The van der Waals surface area contributed by atoms with Crippen molar-refractivity contribution < 1.29 is 5.11 Å². The van der Waals surface area contributed by atoms with Crippen LogP contribution in [0, 0.1) is 0 Å². The summed E-state index contributed by atoms with van der Waals surface area (Å²) in [6.45, 7) is 6.02. The predicted octanol–water partition coefficient (Wildman–Crippen LogP) is 0.227. The van der Waals surface area contributed by atoms with Gasteiger partial charge >= 0.3 is 0 Å². The molecule has 2 unspecified atom stereocenters. The van der Waals surface area contributed by atoms with Crippen molar-refractivity contribution in [1.82, 2.24) is 24.6 Å². The molecule has 2 rings (SSSR count). The maximum atomic E-state index is 10.6. The summed E-state index contributed by atoms with van der Waals surface area (Å²) in [4.78, 5) is 8.87. The van der Waals surface area contributed by atoms with Gasteiger partial charge in [-0.25, -0.2) is 4.98 Å². The SMILES string of the molecule is CCCn1ncnc1CC(O)C1CN(C)CCCN1C. The summed E-state index contributed by atoms with van der Waals surface area (Å²) in [7, 11) is 4.22. The van der Waals surface area contributed by atoms with Crippen molar-refractivity contribution in [2.75, 3.05) is 33.7 Å². The number of nitrogens with zero attached hydrogens (tertiary/aromatic N) is 5. The van der Waals surface area contributed by atoms with Crippen LogP contribution in [0.4, 0.5) is 0 Å². The van der Waals surface area contributed by atoms with E-state index in [0.717, 1.165) is 44.8 Å². The van der Waals surface area contributed by atoms with Gasteiger partial charge in [-0.3, -0.25) is 9.58 Å². The zero-order valence-corrected chi connectivity index (χ0v) is 12.9. The first-order valence-electron chi connectivity index (χ1n) is 7.55. The largest absolute Gasteiger partial charge is 0.391 e. The van der Waals surface area contributed by atoms with Gasteiger partial charge < -0.3 is 10.0 Å². The normalized spacial score (nSPS) is 23.7. The first-order chi connectivity index (χ1) is 9.61. The molecule has 20 heavy (non-hydrogen) atoms. The molecule has 2 atom stereocenters. The van der Waals surface area contributed by atoms with Gasteiger partial charge in [-0.05, 0) is 40.0 Å². The third-order valence-electron chi connectivity index (χ3n) is 4.08. The minimum absolute atomic E-state index is 0.161. The van der Waals surface area contributed by atoms with E-state index in [0.29, 0.717) is 6.42 Å². The molecule has 114 valence electrons. The van der Waals surface area contributed by atoms with Gasteiger partial charge in [-0.15, -0.1) is 0 Å². The molecule has 0 amide bonds. The van der Waals surface area contributed by atoms with Crippen molar-refractivity contribution in [2.45, 2.75) is 44.9 Å². The van der Waals surface area contributed by atoms with Crippen molar-refractivity contribution in [3.8, 4) is 0 Å². The van der Waals surface area contributed by atoms with Crippen molar-refractivity contribution in [3.63, 3.8) is 0 Å². The lowest BCUT2D eigenvalue weighted by Crippen LogP contribution is -2.47. The highest BCUT2D eigenvalue weighted by Crippen LogP contribution is 2.13. The molecule has 1 aliphatic heterocycles. The zero-order valence-electron chi connectivity index (χ0n) is 12.9. The van der Waals surface area contributed by atoms with Crippen LogP contribution in [0.2, 0.25) is 0 Å². The summed E-state index contributed by atoms with van der Waals surface area (Å²) in [6, 6.07) is 0.161. The zero-order chi connectivity index (χ0) is 14.5. The maximum absolute atomic E-state index is 10.6. The molecule has 0 bridgehead atoms. The Hall–Kier alpha value is -0.980. The summed E-state index contributed by atoms with van der Waals surface area (Å²) in [5.41, 5.74) is 0. The Labute approximate surface area is 121 Å². The topological polar surface area (TPSA) is 57.4 Å². The first-order valence-corrected chi connectivity index (χ1v) is 7.55. The number of aliphatic hydroxyl groups excluding tert-OH is 1. The molecular weight excluding hydrogens is 254 g/mol. The molecule has 0 aliphatic carbocycles. The third-order valence-corrected chi connectivity index (χ3v) is 4.08. The molecule has 6 heteroatoms. The Kier molecular flexibility index (Phi) is 5.51. The molecule has 1 fully saturated rings. The molecule has 0 aromatic carbocycles. The summed E-state index contributed by atoms with van der Waals surface area (Å²) < 4.78 is 1.91. The molecule has 0 radical (unpaired) electrons. The predicted molar refractivity (Wildman–Crippen MR) is 78.6 cm³/mol. The molecule has 1 N–H and O–H groups in total.